The van der Waals surface area contributed by atoms with Gasteiger partial charge in [-0.1, -0.05) is 296 Å². The molecular formula is C51H102O2. The second-order valence-corrected chi connectivity index (χ2v) is 17.5. The fourth-order valence-electron chi connectivity index (χ4n) is 8.20. The molecule has 0 aliphatic carbocycles. The summed E-state index contributed by atoms with van der Waals surface area (Å²) in [4.78, 5) is 12.0. The fourth-order valence-corrected chi connectivity index (χ4v) is 8.20. The molecule has 318 valence electrons. The van der Waals surface area contributed by atoms with Crippen molar-refractivity contribution in [3.8, 4) is 0 Å². The quantitative estimate of drug-likeness (QED) is 0.0458. The van der Waals surface area contributed by atoms with Crippen LogP contribution in [0.5, 0.6) is 0 Å². The van der Waals surface area contributed by atoms with Gasteiger partial charge in [-0.3, -0.25) is 4.79 Å². The van der Waals surface area contributed by atoms with Gasteiger partial charge in [0.2, 0.25) is 0 Å². The van der Waals surface area contributed by atoms with E-state index >= 15 is 0 Å². The van der Waals surface area contributed by atoms with Crippen LogP contribution >= 0.6 is 0 Å². The molecule has 0 saturated heterocycles. The lowest BCUT2D eigenvalue weighted by Gasteiger charge is -2.06. The highest BCUT2D eigenvalue weighted by molar-refractivity contribution is 5.69. The van der Waals surface area contributed by atoms with Crippen LogP contribution in [0.1, 0.15) is 316 Å². The van der Waals surface area contributed by atoms with E-state index in [2.05, 4.69) is 13.8 Å². The monoisotopic (exact) mass is 747 g/mol. The van der Waals surface area contributed by atoms with Crippen molar-refractivity contribution in [3.63, 3.8) is 0 Å². The molecule has 0 atom stereocenters. The van der Waals surface area contributed by atoms with Gasteiger partial charge >= 0.3 is 5.97 Å². The number of rotatable bonds is 48. The molecule has 0 N–H and O–H groups in total. The highest BCUT2D eigenvalue weighted by Crippen LogP contribution is 2.18. The highest BCUT2D eigenvalue weighted by atomic mass is 16.5. The predicted octanol–water partition coefficient (Wildman–Crippen LogP) is 18.9. The Kier molecular flexibility index (Phi) is 49.0. The first kappa shape index (κ1) is 52.5. The minimum absolute atomic E-state index is 0.0327. The van der Waals surface area contributed by atoms with Gasteiger partial charge in [0, 0.05) is 6.42 Å². The molecule has 0 fully saturated rings. The maximum absolute atomic E-state index is 12.0. The van der Waals surface area contributed by atoms with Crippen molar-refractivity contribution < 1.29 is 9.53 Å². The molecule has 2 nitrogen and oxygen atoms in total. The third-order valence-electron chi connectivity index (χ3n) is 12.0. The zero-order chi connectivity index (χ0) is 38.2. The van der Waals surface area contributed by atoms with Crippen LogP contribution in [0.15, 0.2) is 0 Å². The van der Waals surface area contributed by atoms with Gasteiger partial charge in [-0.15, -0.1) is 0 Å². The van der Waals surface area contributed by atoms with Gasteiger partial charge in [0.1, 0.15) is 0 Å². The minimum Gasteiger partial charge on any atom is -0.466 e. The van der Waals surface area contributed by atoms with Crippen molar-refractivity contribution in [2.45, 2.75) is 316 Å². The molecule has 0 saturated carbocycles. The maximum Gasteiger partial charge on any atom is 0.305 e. The second kappa shape index (κ2) is 49.5. The van der Waals surface area contributed by atoms with Crippen LogP contribution in [-0.4, -0.2) is 12.6 Å². The van der Waals surface area contributed by atoms with E-state index in [1.807, 2.05) is 0 Å². The smallest absolute Gasteiger partial charge is 0.305 e. The Morgan fingerprint density at radius 1 is 0.245 bits per heavy atom. The van der Waals surface area contributed by atoms with E-state index in [0.29, 0.717) is 13.0 Å². The van der Waals surface area contributed by atoms with E-state index in [1.165, 1.54) is 283 Å². The Hall–Kier alpha value is -0.530. The Morgan fingerprint density at radius 3 is 0.623 bits per heavy atom. The largest absolute Gasteiger partial charge is 0.466 e. The van der Waals surface area contributed by atoms with Crippen molar-refractivity contribution in [2.24, 2.45) is 0 Å². The number of carbonyl (C=O) groups is 1. The van der Waals surface area contributed by atoms with Crippen LogP contribution in [-0.2, 0) is 9.53 Å². The SMILES string of the molecule is CCCCCCCCCCCCCCCCCCCCCCCCCCCCCCCCCCC(=O)OCCCCCCCCCCCCCCCC. The molecule has 53 heavy (non-hydrogen) atoms. The van der Waals surface area contributed by atoms with Crippen molar-refractivity contribution in [2.75, 3.05) is 6.61 Å². The molecule has 0 amide bonds. The van der Waals surface area contributed by atoms with Gasteiger partial charge in [0.25, 0.3) is 0 Å². The Balaban J connectivity index is 3.12. The standard InChI is InChI=1S/C51H102O2/c1-3-5-7-9-11-13-15-17-19-20-21-22-23-24-25-26-27-28-29-30-31-32-33-34-35-36-37-39-41-43-45-47-49-51(52)53-50-48-46-44-42-40-38-18-16-14-12-10-8-6-4-2/h3-50H2,1-2H3. The van der Waals surface area contributed by atoms with Crippen LogP contribution in [0.2, 0.25) is 0 Å². The summed E-state index contributed by atoms with van der Waals surface area (Å²) in [5, 5.41) is 0. The predicted molar refractivity (Wildman–Crippen MR) is 239 cm³/mol. The fraction of sp³-hybridized carbons (Fsp3) is 0.980. The summed E-state index contributed by atoms with van der Waals surface area (Å²) in [6, 6.07) is 0. The molecule has 0 radical (unpaired) electrons. The molecule has 0 rings (SSSR count). The molecule has 0 unspecified atom stereocenters. The van der Waals surface area contributed by atoms with E-state index in [1.54, 1.807) is 0 Å². The lowest BCUT2D eigenvalue weighted by molar-refractivity contribution is -0.143. The molecule has 0 aliphatic heterocycles. The van der Waals surface area contributed by atoms with Crippen LogP contribution in [0, 0.1) is 0 Å². The topological polar surface area (TPSA) is 26.3 Å². The minimum atomic E-state index is 0.0327. The zero-order valence-electron chi connectivity index (χ0n) is 37.3. The van der Waals surface area contributed by atoms with Gasteiger partial charge in [-0.25, -0.2) is 0 Å². The molecule has 0 bridgehead atoms. The number of hydrogen-bond donors (Lipinski definition) is 0. The first-order valence-corrected chi connectivity index (χ1v) is 25.5. The van der Waals surface area contributed by atoms with Crippen molar-refractivity contribution in [1.29, 1.82) is 0 Å². The molecule has 0 aromatic rings. The van der Waals surface area contributed by atoms with Gasteiger partial charge < -0.3 is 4.74 Å². The summed E-state index contributed by atoms with van der Waals surface area (Å²) in [5.41, 5.74) is 0. The summed E-state index contributed by atoms with van der Waals surface area (Å²) in [6.07, 6.45) is 65.4. The summed E-state index contributed by atoms with van der Waals surface area (Å²) in [5.74, 6) is 0.0327. The first-order valence-electron chi connectivity index (χ1n) is 25.5. The van der Waals surface area contributed by atoms with E-state index in [-0.39, 0.29) is 5.97 Å². The third kappa shape index (κ3) is 49.5. The number of carbonyl (C=O) groups excluding carboxylic acids is 1. The summed E-state index contributed by atoms with van der Waals surface area (Å²) in [7, 11) is 0. The lowest BCUT2D eigenvalue weighted by Crippen LogP contribution is -2.05. The van der Waals surface area contributed by atoms with Gasteiger partial charge in [-0.05, 0) is 12.8 Å². The molecule has 0 aromatic carbocycles. The van der Waals surface area contributed by atoms with Crippen molar-refractivity contribution in [3.05, 3.63) is 0 Å². The van der Waals surface area contributed by atoms with Crippen LogP contribution in [0.25, 0.3) is 0 Å². The van der Waals surface area contributed by atoms with Crippen LogP contribution < -0.4 is 0 Å². The molecule has 0 aromatic heterocycles. The van der Waals surface area contributed by atoms with E-state index in [0.717, 1.165) is 12.8 Å². The Labute approximate surface area is 336 Å². The first-order chi connectivity index (χ1) is 26.3. The van der Waals surface area contributed by atoms with E-state index in [4.69, 9.17) is 4.74 Å². The molecule has 2 heteroatoms. The molecule has 0 heterocycles. The van der Waals surface area contributed by atoms with Gasteiger partial charge in [0.05, 0.1) is 6.61 Å². The maximum atomic E-state index is 12.0. The van der Waals surface area contributed by atoms with Gasteiger partial charge in [-0.2, -0.15) is 0 Å². The molecular weight excluding hydrogens is 645 g/mol. The highest BCUT2D eigenvalue weighted by Gasteiger charge is 2.03. The Bertz CT molecular complexity index is 644. The van der Waals surface area contributed by atoms with Crippen molar-refractivity contribution in [1.82, 2.24) is 0 Å². The molecule has 0 aliphatic rings. The average Bonchev–Trinajstić information content (AvgIpc) is 3.16. The van der Waals surface area contributed by atoms with Gasteiger partial charge in [0.15, 0.2) is 0 Å². The van der Waals surface area contributed by atoms with Crippen LogP contribution in [0.3, 0.4) is 0 Å². The third-order valence-corrected chi connectivity index (χ3v) is 12.0. The van der Waals surface area contributed by atoms with Crippen molar-refractivity contribution >= 4 is 5.97 Å². The zero-order valence-corrected chi connectivity index (χ0v) is 37.3. The lowest BCUT2D eigenvalue weighted by atomic mass is 10.0. The number of unbranched alkanes of at least 4 members (excludes halogenated alkanes) is 44. The summed E-state index contributed by atoms with van der Waals surface area (Å²) in [6.45, 7) is 5.23. The summed E-state index contributed by atoms with van der Waals surface area (Å²) >= 11 is 0. The summed E-state index contributed by atoms with van der Waals surface area (Å²) < 4.78 is 5.48. The van der Waals surface area contributed by atoms with E-state index < -0.39 is 0 Å². The second-order valence-electron chi connectivity index (χ2n) is 17.5. The van der Waals surface area contributed by atoms with E-state index in [9.17, 15) is 4.79 Å². The van der Waals surface area contributed by atoms with Crippen LogP contribution in [0.4, 0.5) is 0 Å². The average molecular weight is 747 g/mol. The number of ether oxygens (including phenoxy) is 1. The Morgan fingerprint density at radius 2 is 0.415 bits per heavy atom. The normalized spacial score (nSPS) is 11.5. The number of esters is 1. The number of hydrogen-bond acceptors (Lipinski definition) is 2. The molecule has 0 spiro atoms.